The zero-order valence-corrected chi connectivity index (χ0v) is 10.9. The minimum atomic E-state index is -0.428. The predicted octanol–water partition coefficient (Wildman–Crippen LogP) is 2.73. The summed E-state index contributed by atoms with van der Waals surface area (Å²) in [6.45, 7) is 6.30. The van der Waals surface area contributed by atoms with Gasteiger partial charge in [0.05, 0.1) is 10.6 Å². The van der Waals surface area contributed by atoms with Crippen LogP contribution < -0.4 is 16.6 Å². The predicted molar refractivity (Wildman–Crippen MR) is 73.4 cm³/mol. The van der Waals surface area contributed by atoms with E-state index in [0.29, 0.717) is 17.3 Å². The summed E-state index contributed by atoms with van der Waals surface area (Å²) >= 11 is 0. The largest absolute Gasteiger partial charge is 0.382 e. The lowest BCUT2D eigenvalue weighted by molar-refractivity contribution is -0.384. The molecule has 0 heterocycles. The van der Waals surface area contributed by atoms with Crippen molar-refractivity contribution in [3.8, 4) is 0 Å². The van der Waals surface area contributed by atoms with Crippen LogP contribution in [0.3, 0.4) is 0 Å². The van der Waals surface area contributed by atoms with Crippen LogP contribution in [0.1, 0.15) is 27.2 Å². The van der Waals surface area contributed by atoms with E-state index in [1.807, 2.05) is 0 Å². The highest BCUT2D eigenvalue weighted by molar-refractivity contribution is 5.63. The first-order valence-corrected chi connectivity index (χ1v) is 6.00. The van der Waals surface area contributed by atoms with Gasteiger partial charge in [-0.15, -0.1) is 0 Å². The van der Waals surface area contributed by atoms with E-state index in [0.717, 1.165) is 6.42 Å². The zero-order chi connectivity index (χ0) is 13.7. The molecule has 0 radical (unpaired) electrons. The number of anilines is 2. The van der Waals surface area contributed by atoms with Gasteiger partial charge in [-0.3, -0.25) is 16.0 Å². The second-order valence-corrected chi connectivity index (χ2v) is 4.57. The number of non-ortho nitro benzene ring substituents is 1. The van der Waals surface area contributed by atoms with Crippen LogP contribution in [0.5, 0.6) is 0 Å². The van der Waals surface area contributed by atoms with E-state index in [1.165, 1.54) is 12.1 Å². The molecule has 0 aliphatic rings. The Morgan fingerprint density at radius 3 is 2.39 bits per heavy atom. The molecule has 1 rings (SSSR count). The van der Waals surface area contributed by atoms with E-state index < -0.39 is 4.92 Å². The molecular weight excluding hydrogens is 232 g/mol. The van der Waals surface area contributed by atoms with Crippen molar-refractivity contribution in [2.24, 2.45) is 11.8 Å². The summed E-state index contributed by atoms with van der Waals surface area (Å²) in [6, 6.07) is 4.96. The highest BCUT2D eigenvalue weighted by atomic mass is 16.6. The summed E-state index contributed by atoms with van der Waals surface area (Å²) in [4.78, 5) is 10.4. The molecule has 0 amide bonds. The maximum atomic E-state index is 10.8. The minimum absolute atomic E-state index is 0.0200. The van der Waals surface area contributed by atoms with Crippen molar-refractivity contribution in [2.75, 3.05) is 10.7 Å². The van der Waals surface area contributed by atoms with Gasteiger partial charge in [-0.25, -0.2) is 0 Å². The molecule has 0 saturated carbocycles. The number of nitrogens with two attached hydrogens (primary N) is 1. The lowest BCUT2D eigenvalue weighted by atomic mass is 10.0. The number of nitrogens with one attached hydrogen (secondary N) is 2. The summed E-state index contributed by atoms with van der Waals surface area (Å²) in [7, 11) is 0. The van der Waals surface area contributed by atoms with Crippen LogP contribution in [0.15, 0.2) is 18.2 Å². The number of nitrogen functional groups attached to an aromatic ring is 1. The number of nitro benzene ring substituents is 1. The Hall–Kier alpha value is -1.82. The van der Waals surface area contributed by atoms with E-state index >= 15 is 0 Å². The first kappa shape index (κ1) is 14.2. The third-order valence-electron chi connectivity index (χ3n) is 2.89. The molecule has 18 heavy (non-hydrogen) atoms. The molecule has 0 fully saturated rings. The van der Waals surface area contributed by atoms with Gasteiger partial charge in [0, 0.05) is 23.9 Å². The molecule has 0 spiro atoms. The highest BCUT2D eigenvalue weighted by Gasteiger charge is 2.14. The Labute approximate surface area is 107 Å². The SMILES string of the molecule is CCC(Nc1cc(NN)cc([N+](=O)[O-])c1)C(C)C. The zero-order valence-electron chi connectivity index (χ0n) is 10.9. The number of hydrogen-bond acceptors (Lipinski definition) is 5. The molecule has 0 bridgehead atoms. The number of benzene rings is 1. The van der Waals surface area contributed by atoms with Gasteiger partial charge < -0.3 is 10.7 Å². The summed E-state index contributed by atoms with van der Waals surface area (Å²) in [5.41, 5.74) is 3.68. The Morgan fingerprint density at radius 1 is 1.33 bits per heavy atom. The Balaban J connectivity index is 3.00. The van der Waals surface area contributed by atoms with Crippen LogP contribution in [-0.2, 0) is 0 Å². The van der Waals surface area contributed by atoms with Crippen molar-refractivity contribution in [3.05, 3.63) is 28.3 Å². The molecule has 0 saturated heterocycles. The smallest absolute Gasteiger partial charge is 0.273 e. The first-order chi connectivity index (χ1) is 8.47. The monoisotopic (exact) mass is 252 g/mol. The fourth-order valence-electron chi connectivity index (χ4n) is 1.84. The molecule has 1 aromatic rings. The Bertz CT molecular complexity index is 421. The summed E-state index contributed by atoms with van der Waals surface area (Å²) in [5.74, 6) is 5.76. The van der Waals surface area contributed by atoms with Crippen molar-refractivity contribution in [1.82, 2.24) is 0 Å². The van der Waals surface area contributed by atoms with Crippen LogP contribution >= 0.6 is 0 Å². The first-order valence-electron chi connectivity index (χ1n) is 6.00. The van der Waals surface area contributed by atoms with Gasteiger partial charge in [0.15, 0.2) is 0 Å². The van der Waals surface area contributed by atoms with E-state index in [2.05, 4.69) is 31.5 Å². The molecule has 1 atom stereocenters. The molecule has 1 aromatic carbocycles. The topological polar surface area (TPSA) is 93.2 Å². The lowest BCUT2D eigenvalue weighted by Gasteiger charge is -2.22. The number of nitro groups is 1. The third-order valence-corrected chi connectivity index (χ3v) is 2.89. The van der Waals surface area contributed by atoms with Crippen molar-refractivity contribution < 1.29 is 4.92 Å². The molecule has 0 aliphatic carbocycles. The molecular formula is C12H20N4O2. The summed E-state index contributed by atoms with van der Waals surface area (Å²) in [6.07, 6.45) is 0.950. The van der Waals surface area contributed by atoms with Crippen LogP contribution in [0.2, 0.25) is 0 Å². The molecule has 6 nitrogen and oxygen atoms in total. The maximum Gasteiger partial charge on any atom is 0.273 e. The van der Waals surface area contributed by atoms with Crippen molar-refractivity contribution in [3.63, 3.8) is 0 Å². The average Bonchev–Trinajstić information content (AvgIpc) is 2.34. The fourth-order valence-corrected chi connectivity index (χ4v) is 1.84. The summed E-state index contributed by atoms with van der Waals surface area (Å²) in [5, 5.41) is 14.1. The standard InChI is InChI=1S/C12H20N4O2/c1-4-12(8(2)3)14-9-5-10(15-13)7-11(6-9)16(17)18/h5-8,12,14-15H,4,13H2,1-3H3. The van der Waals surface area contributed by atoms with E-state index in [9.17, 15) is 10.1 Å². The van der Waals surface area contributed by atoms with E-state index in [1.54, 1.807) is 6.07 Å². The normalized spacial score (nSPS) is 12.3. The Kier molecular flexibility index (Phi) is 4.91. The van der Waals surface area contributed by atoms with Gasteiger partial charge in [-0.2, -0.15) is 0 Å². The van der Waals surface area contributed by atoms with E-state index in [-0.39, 0.29) is 11.7 Å². The molecule has 6 heteroatoms. The van der Waals surface area contributed by atoms with Gasteiger partial charge in [0.2, 0.25) is 0 Å². The van der Waals surface area contributed by atoms with Crippen molar-refractivity contribution >= 4 is 17.1 Å². The van der Waals surface area contributed by atoms with Crippen molar-refractivity contribution in [1.29, 1.82) is 0 Å². The average molecular weight is 252 g/mol. The lowest BCUT2D eigenvalue weighted by Crippen LogP contribution is -2.24. The maximum absolute atomic E-state index is 10.8. The molecule has 0 aromatic heterocycles. The van der Waals surface area contributed by atoms with Crippen LogP contribution in [0.25, 0.3) is 0 Å². The van der Waals surface area contributed by atoms with Crippen LogP contribution in [-0.4, -0.2) is 11.0 Å². The molecule has 100 valence electrons. The molecule has 4 N–H and O–H groups in total. The van der Waals surface area contributed by atoms with Gasteiger partial charge in [0.1, 0.15) is 0 Å². The second kappa shape index (κ2) is 6.20. The highest BCUT2D eigenvalue weighted by Crippen LogP contribution is 2.25. The number of nitrogens with zero attached hydrogens (tertiary/aromatic N) is 1. The minimum Gasteiger partial charge on any atom is -0.382 e. The third kappa shape index (κ3) is 3.59. The molecule has 0 aliphatic heterocycles. The fraction of sp³-hybridized carbons (Fsp3) is 0.500. The van der Waals surface area contributed by atoms with Crippen LogP contribution in [0, 0.1) is 16.0 Å². The van der Waals surface area contributed by atoms with Crippen LogP contribution in [0.4, 0.5) is 17.1 Å². The van der Waals surface area contributed by atoms with Gasteiger partial charge in [-0.05, 0) is 18.4 Å². The Morgan fingerprint density at radius 2 is 1.94 bits per heavy atom. The molecule has 1 unspecified atom stereocenters. The van der Waals surface area contributed by atoms with Gasteiger partial charge in [0.25, 0.3) is 5.69 Å². The van der Waals surface area contributed by atoms with Gasteiger partial charge in [-0.1, -0.05) is 20.8 Å². The van der Waals surface area contributed by atoms with E-state index in [4.69, 9.17) is 5.84 Å². The second-order valence-electron chi connectivity index (χ2n) is 4.57. The number of rotatable bonds is 6. The number of hydrazine groups is 1. The van der Waals surface area contributed by atoms with Gasteiger partial charge >= 0.3 is 0 Å². The van der Waals surface area contributed by atoms with Crippen molar-refractivity contribution in [2.45, 2.75) is 33.2 Å². The quantitative estimate of drug-likeness (QED) is 0.411. The number of hydrogen-bond donors (Lipinski definition) is 3. The summed E-state index contributed by atoms with van der Waals surface area (Å²) < 4.78 is 0.